The van der Waals surface area contributed by atoms with Crippen molar-refractivity contribution in [1.29, 1.82) is 0 Å². The van der Waals surface area contributed by atoms with E-state index in [1.165, 1.54) is 127 Å². The maximum absolute atomic E-state index is 6.39. The number of rotatable bonds is 2. The summed E-state index contributed by atoms with van der Waals surface area (Å²) in [7, 11) is 0. The number of nitrogens with zero attached hydrogens (tertiary/aromatic N) is 2. The Morgan fingerprint density at radius 1 is 0.452 bits per heavy atom. The summed E-state index contributed by atoms with van der Waals surface area (Å²) < 4.78 is 0. The standard InChI is InChI=1S/2C19H27NO/c2*1-3-9-16(10-4-1)17-15-18-19(11-5-2-6-12-19)13-7-8-14-20(18)21-17/h2*1,3-4,9-10,17-18H,2,5-8,11-15H2/t2*17-,18-/m10/s1. The zero-order chi connectivity index (χ0) is 28.2. The van der Waals surface area contributed by atoms with Crippen molar-refractivity contribution in [1.82, 2.24) is 10.1 Å². The van der Waals surface area contributed by atoms with E-state index in [1.807, 2.05) is 0 Å². The first kappa shape index (κ1) is 29.0. The molecule has 0 N–H and O–H groups in total. The predicted molar refractivity (Wildman–Crippen MR) is 169 cm³/mol. The van der Waals surface area contributed by atoms with E-state index in [2.05, 4.69) is 70.8 Å². The molecule has 0 amide bonds. The van der Waals surface area contributed by atoms with Gasteiger partial charge < -0.3 is 0 Å². The van der Waals surface area contributed by atoms with Gasteiger partial charge in [-0.3, -0.25) is 9.68 Å². The molecule has 228 valence electrons. The topological polar surface area (TPSA) is 24.9 Å². The van der Waals surface area contributed by atoms with E-state index >= 15 is 0 Å². The minimum absolute atomic E-state index is 0.285. The molecule has 2 saturated carbocycles. The molecule has 0 bridgehead atoms. The van der Waals surface area contributed by atoms with E-state index in [1.54, 1.807) is 0 Å². The Morgan fingerprint density at radius 2 is 0.810 bits per heavy atom. The first-order chi connectivity index (χ1) is 20.7. The van der Waals surface area contributed by atoms with Crippen LogP contribution in [0, 0.1) is 10.8 Å². The number of fused-ring (bicyclic) bond motifs is 4. The van der Waals surface area contributed by atoms with Crippen molar-refractivity contribution < 1.29 is 9.68 Å². The normalized spacial score (nSPS) is 32.8. The van der Waals surface area contributed by atoms with Gasteiger partial charge in [-0.05, 0) is 86.2 Å². The average molecular weight is 571 g/mol. The summed E-state index contributed by atoms with van der Waals surface area (Å²) in [5.41, 5.74) is 3.82. The smallest absolute Gasteiger partial charge is 0.106 e. The number of benzene rings is 2. The third-order valence-corrected chi connectivity index (χ3v) is 12.2. The second-order valence-electron chi connectivity index (χ2n) is 14.6. The summed E-state index contributed by atoms with van der Waals surface area (Å²) >= 11 is 0. The van der Waals surface area contributed by atoms with Crippen molar-refractivity contribution in [2.24, 2.45) is 10.8 Å². The van der Waals surface area contributed by atoms with Crippen LogP contribution in [0.1, 0.15) is 139 Å². The third kappa shape index (κ3) is 5.99. The lowest BCUT2D eigenvalue weighted by Crippen LogP contribution is -2.43. The van der Waals surface area contributed by atoms with Gasteiger partial charge in [-0.15, -0.1) is 0 Å². The predicted octanol–water partition coefficient (Wildman–Crippen LogP) is 9.74. The van der Waals surface area contributed by atoms with E-state index < -0.39 is 0 Å². The highest BCUT2D eigenvalue weighted by Crippen LogP contribution is 2.54. The van der Waals surface area contributed by atoms with Gasteiger partial charge in [0, 0.05) is 25.2 Å². The van der Waals surface area contributed by atoms with E-state index in [-0.39, 0.29) is 12.2 Å². The van der Waals surface area contributed by atoms with Gasteiger partial charge in [-0.1, -0.05) is 112 Å². The molecule has 4 nitrogen and oxygen atoms in total. The maximum Gasteiger partial charge on any atom is 0.106 e. The molecular formula is C38H54N2O2. The van der Waals surface area contributed by atoms with Crippen LogP contribution in [0.2, 0.25) is 0 Å². The van der Waals surface area contributed by atoms with Crippen LogP contribution in [0.25, 0.3) is 0 Å². The van der Waals surface area contributed by atoms with Gasteiger partial charge >= 0.3 is 0 Å². The molecule has 0 radical (unpaired) electrons. The van der Waals surface area contributed by atoms with Gasteiger partial charge in [0.15, 0.2) is 0 Å². The van der Waals surface area contributed by atoms with Crippen molar-refractivity contribution >= 4 is 0 Å². The highest BCUT2D eigenvalue weighted by molar-refractivity contribution is 5.20. The summed E-state index contributed by atoms with van der Waals surface area (Å²) in [6.45, 7) is 2.27. The molecule has 42 heavy (non-hydrogen) atoms. The van der Waals surface area contributed by atoms with Crippen LogP contribution < -0.4 is 0 Å². The van der Waals surface area contributed by atoms with Crippen molar-refractivity contribution in [2.75, 3.05) is 13.1 Å². The minimum atomic E-state index is 0.285. The van der Waals surface area contributed by atoms with Gasteiger partial charge in [0.2, 0.25) is 0 Å². The summed E-state index contributed by atoms with van der Waals surface area (Å²) in [5.74, 6) is 0. The molecular weight excluding hydrogens is 516 g/mol. The third-order valence-electron chi connectivity index (χ3n) is 12.2. The molecule has 0 aromatic heterocycles. The van der Waals surface area contributed by atoms with E-state index in [4.69, 9.17) is 9.68 Å². The number of hydroxylamine groups is 4. The van der Waals surface area contributed by atoms with Crippen molar-refractivity contribution in [3.8, 4) is 0 Å². The zero-order valence-corrected chi connectivity index (χ0v) is 25.9. The van der Waals surface area contributed by atoms with Gasteiger partial charge in [0.1, 0.15) is 12.2 Å². The average Bonchev–Trinajstić information content (AvgIpc) is 3.62. The molecule has 4 heteroatoms. The monoisotopic (exact) mass is 570 g/mol. The molecule has 6 fully saturated rings. The fourth-order valence-corrected chi connectivity index (χ4v) is 9.96. The Labute approximate surface area is 255 Å². The van der Waals surface area contributed by atoms with Crippen molar-refractivity contribution in [3.05, 3.63) is 71.8 Å². The van der Waals surface area contributed by atoms with Crippen LogP contribution in [0.15, 0.2) is 60.7 Å². The zero-order valence-electron chi connectivity index (χ0n) is 25.9. The van der Waals surface area contributed by atoms with Crippen LogP contribution in [0.4, 0.5) is 0 Å². The van der Waals surface area contributed by atoms with E-state index in [0.29, 0.717) is 22.9 Å². The highest BCUT2D eigenvalue weighted by Gasteiger charge is 2.50. The molecule has 4 aliphatic heterocycles. The number of hydrogen-bond acceptors (Lipinski definition) is 4. The molecule has 2 aliphatic carbocycles. The van der Waals surface area contributed by atoms with Gasteiger partial charge in [-0.2, -0.15) is 10.1 Å². The lowest BCUT2D eigenvalue weighted by Gasteiger charge is -2.43. The molecule has 2 spiro atoms. The van der Waals surface area contributed by atoms with Crippen molar-refractivity contribution in [2.45, 2.75) is 140 Å². The molecule has 2 aromatic carbocycles. The summed E-state index contributed by atoms with van der Waals surface area (Å²) in [6.07, 6.45) is 25.6. The Bertz CT molecular complexity index is 1020. The molecule has 4 saturated heterocycles. The van der Waals surface area contributed by atoms with Gasteiger partial charge in [-0.25, -0.2) is 0 Å². The van der Waals surface area contributed by atoms with Crippen LogP contribution in [0.5, 0.6) is 0 Å². The van der Waals surface area contributed by atoms with E-state index in [9.17, 15) is 0 Å². The molecule has 0 unspecified atom stereocenters. The number of hydrogen-bond donors (Lipinski definition) is 0. The molecule has 4 heterocycles. The van der Waals surface area contributed by atoms with E-state index in [0.717, 1.165) is 13.1 Å². The minimum Gasteiger partial charge on any atom is -0.291 e. The molecule has 2 aromatic rings. The van der Waals surface area contributed by atoms with Crippen LogP contribution >= 0.6 is 0 Å². The Morgan fingerprint density at radius 3 is 1.19 bits per heavy atom. The van der Waals surface area contributed by atoms with Gasteiger partial charge in [0.05, 0.1) is 0 Å². The summed E-state index contributed by atoms with van der Waals surface area (Å²) in [4.78, 5) is 12.8. The second kappa shape index (κ2) is 13.1. The summed E-state index contributed by atoms with van der Waals surface area (Å²) in [6, 6.07) is 23.0. The maximum atomic E-state index is 6.39. The largest absolute Gasteiger partial charge is 0.291 e. The molecule has 6 aliphatic rings. The first-order valence-corrected chi connectivity index (χ1v) is 17.7. The van der Waals surface area contributed by atoms with Crippen molar-refractivity contribution in [3.63, 3.8) is 0 Å². The fraction of sp³-hybridized carbons (Fsp3) is 0.684. The SMILES string of the molecule is c1ccc([C@@H]2C[C@@H]3N(CCCCC34CCCCC4)O2)cc1.c1ccc([C@H]2C[C@H]3N(CCCCC34CCCCC4)O2)cc1. The molecule has 8 rings (SSSR count). The lowest BCUT2D eigenvalue weighted by molar-refractivity contribution is -0.180. The lowest BCUT2D eigenvalue weighted by atomic mass is 9.65. The fourth-order valence-electron chi connectivity index (χ4n) is 9.96. The molecule has 4 atom stereocenters. The quantitative estimate of drug-likeness (QED) is 0.359. The Balaban J connectivity index is 0.000000137. The Hall–Kier alpha value is -1.72. The van der Waals surface area contributed by atoms with Crippen LogP contribution in [0.3, 0.4) is 0 Å². The van der Waals surface area contributed by atoms with Gasteiger partial charge in [0.25, 0.3) is 0 Å². The first-order valence-electron chi connectivity index (χ1n) is 17.7. The van der Waals surface area contributed by atoms with Crippen LogP contribution in [-0.4, -0.2) is 35.3 Å². The summed E-state index contributed by atoms with van der Waals surface area (Å²) in [5, 5.41) is 4.77. The Kier molecular flexibility index (Phi) is 9.05. The van der Waals surface area contributed by atoms with Crippen LogP contribution in [-0.2, 0) is 9.68 Å². The highest BCUT2D eigenvalue weighted by atomic mass is 16.7. The second-order valence-corrected chi connectivity index (χ2v) is 14.6.